The number of ether oxygens (including phenoxy) is 1. The Balaban J connectivity index is 2.01. The predicted octanol–water partition coefficient (Wildman–Crippen LogP) is 3.35. The summed E-state index contributed by atoms with van der Waals surface area (Å²) < 4.78 is 5.25. The monoisotopic (exact) mass is 309 g/mol. The number of fused-ring (bicyclic) bond motifs is 1. The van der Waals surface area contributed by atoms with E-state index in [4.69, 9.17) is 4.74 Å². The van der Waals surface area contributed by atoms with E-state index in [2.05, 4.69) is 18.3 Å². The number of hydrogen-bond acceptors (Lipinski definition) is 3. The lowest BCUT2D eigenvalue weighted by Crippen LogP contribution is -2.53. The molecule has 0 spiro atoms. The minimum Gasteiger partial charge on any atom is -0.481 e. The Morgan fingerprint density at radius 3 is 2.68 bits per heavy atom. The highest BCUT2D eigenvalue weighted by Gasteiger charge is 2.55. The van der Waals surface area contributed by atoms with E-state index in [0.717, 1.165) is 19.3 Å². The fourth-order valence-electron chi connectivity index (χ4n) is 3.86. The maximum Gasteiger partial charge on any atom is 0.407 e. The number of allylic oxidation sites excluding steroid dienone is 2. The van der Waals surface area contributed by atoms with Crippen molar-refractivity contribution in [2.45, 2.75) is 59.0 Å². The Hall–Kier alpha value is -1.52. The molecule has 0 aromatic rings. The minimum atomic E-state index is -0.803. The molecule has 0 aromatic heterocycles. The summed E-state index contributed by atoms with van der Waals surface area (Å²) in [7, 11) is 0. The molecule has 1 amide bonds. The van der Waals surface area contributed by atoms with Crippen molar-refractivity contribution >= 4 is 12.1 Å². The third-order valence-corrected chi connectivity index (χ3v) is 4.76. The number of carbonyl (C=O) groups is 2. The van der Waals surface area contributed by atoms with E-state index in [-0.39, 0.29) is 17.8 Å². The van der Waals surface area contributed by atoms with E-state index in [1.54, 1.807) is 0 Å². The smallest absolute Gasteiger partial charge is 0.407 e. The predicted molar refractivity (Wildman–Crippen MR) is 83.5 cm³/mol. The highest BCUT2D eigenvalue weighted by molar-refractivity contribution is 5.70. The molecule has 0 radical (unpaired) electrons. The van der Waals surface area contributed by atoms with Crippen LogP contribution in [-0.4, -0.2) is 29.3 Å². The van der Waals surface area contributed by atoms with Crippen molar-refractivity contribution in [2.75, 3.05) is 6.54 Å². The summed E-state index contributed by atoms with van der Waals surface area (Å²) in [5, 5.41) is 12.0. The standard InChI is InChI=1S/C17H27NO4/c1-5-11-6-12-8-17(9-14(19)20,13(12)7-11)10-18-15(21)22-16(2,3)4/h7,12-13H,5-6,8-10H2,1-4H3,(H,18,21)(H,19,20)/t12-,13-,17-/m1/s1. The van der Waals surface area contributed by atoms with Gasteiger partial charge < -0.3 is 15.2 Å². The van der Waals surface area contributed by atoms with E-state index in [1.165, 1.54) is 5.57 Å². The summed E-state index contributed by atoms with van der Waals surface area (Å²) in [4.78, 5) is 23.1. The van der Waals surface area contributed by atoms with Crippen LogP contribution < -0.4 is 5.32 Å². The summed E-state index contributed by atoms with van der Waals surface area (Å²) >= 11 is 0. The molecule has 3 atom stereocenters. The summed E-state index contributed by atoms with van der Waals surface area (Å²) in [6.45, 7) is 7.93. The molecular formula is C17H27NO4. The van der Waals surface area contributed by atoms with Crippen LogP contribution in [0.4, 0.5) is 4.79 Å². The van der Waals surface area contributed by atoms with Crippen molar-refractivity contribution < 1.29 is 19.4 Å². The molecule has 2 N–H and O–H groups in total. The molecule has 5 heteroatoms. The van der Waals surface area contributed by atoms with Gasteiger partial charge in [-0.1, -0.05) is 18.6 Å². The molecule has 0 aromatic carbocycles. The largest absolute Gasteiger partial charge is 0.481 e. The Bertz CT molecular complexity index is 491. The quantitative estimate of drug-likeness (QED) is 0.764. The first-order valence-electron chi connectivity index (χ1n) is 8.03. The normalized spacial score (nSPS) is 30.1. The zero-order valence-electron chi connectivity index (χ0n) is 13.9. The lowest BCUT2D eigenvalue weighted by atomic mass is 9.53. The number of carboxylic acid groups (broad SMARTS) is 1. The van der Waals surface area contributed by atoms with Crippen molar-refractivity contribution in [3.05, 3.63) is 11.6 Å². The Morgan fingerprint density at radius 2 is 2.14 bits per heavy atom. The van der Waals surface area contributed by atoms with Crippen LogP contribution in [0.1, 0.15) is 53.4 Å². The second kappa shape index (κ2) is 5.94. The average Bonchev–Trinajstić information content (AvgIpc) is 2.70. The molecule has 2 aliphatic carbocycles. The van der Waals surface area contributed by atoms with Crippen LogP contribution in [0.3, 0.4) is 0 Å². The Kier molecular flexibility index (Phi) is 4.54. The third-order valence-electron chi connectivity index (χ3n) is 4.76. The molecule has 1 saturated carbocycles. The molecule has 22 heavy (non-hydrogen) atoms. The number of alkyl carbamates (subject to hydrolysis) is 1. The Morgan fingerprint density at radius 1 is 1.45 bits per heavy atom. The lowest BCUT2D eigenvalue weighted by Gasteiger charge is -2.51. The van der Waals surface area contributed by atoms with Crippen LogP contribution in [0.2, 0.25) is 0 Å². The van der Waals surface area contributed by atoms with Gasteiger partial charge in [-0.25, -0.2) is 4.79 Å². The van der Waals surface area contributed by atoms with Gasteiger partial charge in [-0.05, 0) is 51.9 Å². The van der Waals surface area contributed by atoms with Gasteiger partial charge in [0, 0.05) is 12.0 Å². The summed E-state index contributed by atoms with van der Waals surface area (Å²) in [6, 6.07) is 0. The van der Waals surface area contributed by atoms with Gasteiger partial charge in [0.05, 0.1) is 6.42 Å². The summed E-state index contributed by atoms with van der Waals surface area (Å²) in [6.07, 6.45) is 4.83. The van der Waals surface area contributed by atoms with Gasteiger partial charge in [0.25, 0.3) is 0 Å². The maximum atomic E-state index is 11.8. The second-order valence-electron chi connectivity index (χ2n) is 7.66. The highest BCUT2D eigenvalue weighted by atomic mass is 16.6. The molecule has 124 valence electrons. The molecule has 2 aliphatic rings. The van der Waals surface area contributed by atoms with E-state index >= 15 is 0 Å². The van der Waals surface area contributed by atoms with Gasteiger partial charge in [-0.2, -0.15) is 0 Å². The van der Waals surface area contributed by atoms with Crippen LogP contribution in [-0.2, 0) is 9.53 Å². The summed E-state index contributed by atoms with van der Waals surface area (Å²) in [5.74, 6) is 0.0195. The third kappa shape index (κ3) is 3.62. The molecule has 0 heterocycles. The van der Waals surface area contributed by atoms with Gasteiger partial charge in [0.1, 0.15) is 5.60 Å². The van der Waals surface area contributed by atoms with Gasteiger partial charge in [0.15, 0.2) is 0 Å². The van der Waals surface area contributed by atoms with Crippen LogP contribution in [0.15, 0.2) is 11.6 Å². The molecule has 1 fully saturated rings. The number of carboxylic acids is 1. The number of aliphatic carboxylic acids is 1. The lowest BCUT2D eigenvalue weighted by molar-refractivity contribution is -0.144. The van der Waals surface area contributed by atoms with E-state index < -0.39 is 17.7 Å². The number of rotatable bonds is 5. The van der Waals surface area contributed by atoms with Gasteiger partial charge in [0.2, 0.25) is 0 Å². The fourth-order valence-corrected chi connectivity index (χ4v) is 3.86. The van der Waals surface area contributed by atoms with Crippen LogP contribution >= 0.6 is 0 Å². The molecule has 2 rings (SSSR count). The van der Waals surface area contributed by atoms with Crippen molar-refractivity contribution in [1.29, 1.82) is 0 Å². The van der Waals surface area contributed by atoms with Crippen LogP contribution in [0.25, 0.3) is 0 Å². The van der Waals surface area contributed by atoms with Crippen molar-refractivity contribution in [1.82, 2.24) is 5.32 Å². The van der Waals surface area contributed by atoms with Gasteiger partial charge >= 0.3 is 12.1 Å². The SMILES string of the molecule is CCC1=C[C@@H]2[C@H](C1)C[C@]2(CNC(=O)OC(C)(C)C)CC(=O)O. The number of nitrogens with one attached hydrogen (secondary N) is 1. The first-order chi connectivity index (χ1) is 10.1. The number of hydrogen-bond donors (Lipinski definition) is 2. The fraction of sp³-hybridized carbons (Fsp3) is 0.765. The first-order valence-corrected chi connectivity index (χ1v) is 8.03. The van der Waals surface area contributed by atoms with Crippen molar-refractivity contribution in [2.24, 2.45) is 17.3 Å². The van der Waals surface area contributed by atoms with Crippen molar-refractivity contribution in [3.8, 4) is 0 Å². The second-order valence-corrected chi connectivity index (χ2v) is 7.66. The zero-order valence-corrected chi connectivity index (χ0v) is 13.9. The van der Waals surface area contributed by atoms with Crippen molar-refractivity contribution in [3.63, 3.8) is 0 Å². The zero-order chi connectivity index (χ0) is 16.5. The molecule has 0 aliphatic heterocycles. The van der Waals surface area contributed by atoms with Gasteiger partial charge in [-0.3, -0.25) is 4.79 Å². The van der Waals surface area contributed by atoms with Crippen LogP contribution in [0, 0.1) is 17.3 Å². The van der Waals surface area contributed by atoms with E-state index in [1.807, 2.05) is 20.8 Å². The molecule has 0 bridgehead atoms. The summed E-state index contributed by atoms with van der Waals surface area (Å²) in [5.41, 5.74) is 0.513. The maximum absolute atomic E-state index is 11.8. The number of amides is 1. The van der Waals surface area contributed by atoms with Crippen LogP contribution in [0.5, 0.6) is 0 Å². The Labute approximate surface area is 132 Å². The van der Waals surface area contributed by atoms with E-state index in [0.29, 0.717) is 12.5 Å². The molecule has 5 nitrogen and oxygen atoms in total. The number of carbonyl (C=O) groups excluding carboxylic acids is 1. The molecular weight excluding hydrogens is 282 g/mol. The minimum absolute atomic E-state index is 0.0947. The molecule has 0 unspecified atom stereocenters. The molecule has 0 saturated heterocycles. The van der Waals surface area contributed by atoms with E-state index in [9.17, 15) is 14.7 Å². The average molecular weight is 309 g/mol. The van der Waals surface area contributed by atoms with Gasteiger partial charge in [-0.15, -0.1) is 0 Å². The highest BCUT2D eigenvalue weighted by Crippen LogP contribution is 2.59. The topological polar surface area (TPSA) is 75.6 Å². The first kappa shape index (κ1) is 16.8.